The molecule has 2 saturated heterocycles. The molecule has 0 saturated carbocycles. The Kier molecular flexibility index (Phi) is 3.59. The number of carbonyl (C=O) groups excluding carboxylic acids is 1. The van der Waals surface area contributed by atoms with Crippen molar-refractivity contribution in [1.29, 1.82) is 0 Å². The van der Waals surface area contributed by atoms with Crippen LogP contribution in [0.1, 0.15) is 18.2 Å². The minimum atomic E-state index is 0.0377. The highest BCUT2D eigenvalue weighted by Gasteiger charge is 2.30. The predicted molar refractivity (Wildman–Crippen MR) is 90.2 cm³/mol. The Labute approximate surface area is 140 Å². The smallest absolute Gasteiger partial charge is 0.324 e. The van der Waals surface area contributed by atoms with E-state index in [0.29, 0.717) is 0 Å². The molecule has 0 aliphatic carbocycles. The summed E-state index contributed by atoms with van der Waals surface area (Å²) in [4.78, 5) is 26.6. The van der Waals surface area contributed by atoms with E-state index in [9.17, 15) is 4.79 Å². The van der Waals surface area contributed by atoms with Gasteiger partial charge in [0.05, 0.1) is 17.9 Å². The summed E-state index contributed by atoms with van der Waals surface area (Å²) in [6.07, 6.45) is 6.55. The molecule has 126 valence electrons. The fourth-order valence-electron chi connectivity index (χ4n) is 3.28. The van der Waals surface area contributed by atoms with Crippen LogP contribution in [0.15, 0.2) is 24.7 Å². The monoisotopic (exact) mass is 327 g/mol. The second kappa shape index (κ2) is 5.77. The van der Waals surface area contributed by atoms with Gasteiger partial charge in [0.2, 0.25) is 5.95 Å². The number of carbonyl (C=O) groups is 1. The summed E-state index contributed by atoms with van der Waals surface area (Å²) >= 11 is 0. The maximum absolute atomic E-state index is 12.1. The number of anilines is 2. The molecule has 0 bridgehead atoms. The van der Waals surface area contributed by atoms with E-state index < -0.39 is 0 Å². The van der Waals surface area contributed by atoms with E-state index in [4.69, 9.17) is 0 Å². The number of urea groups is 1. The minimum Gasteiger partial charge on any atom is -0.339 e. The Morgan fingerprint density at radius 1 is 1.25 bits per heavy atom. The average molecular weight is 327 g/mol. The van der Waals surface area contributed by atoms with E-state index in [0.717, 1.165) is 49.9 Å². The van der Waals surface area contributed by atoms with Gasteiger partial charge in [-0.1, -0.05) is 0 Å². The molecule has 2 aliphatic heterocycles. The summed E-state index contributed by atoms with van der Waals surface area (Å²) in [6, 6.07) is 2.22. The zero-order valence-corrected chi connectivity index (χ0v) is 14.0. The lowest BCUT2D eigenvalue weighted by molar-refractivity contribution is 0.229. The fraction of sp³-hybridized carbons (Fsp3) is 0.500. The van der Waals surface area contributed by atoms with Crippen molar-refractivity contribution in [2.24, 2.45) is 0 Å². The third kappa shape index (κ3) is 2.57. The minimum absolute atomic E-state index is 0.0377. The number of amides is 2. The molecule has 0 aromatic carbocycles. The molecule has 2 fully saturated rings. The number of rotatable bonds is 3. The normalized spacial score (nSPS) is 21.2. The van der Waals surface area contributed by atoms with E-state index in [-0.39, 0.29) is 12.1 Å². The van der Waals surface area contributed by atoms with Gasteiger partial charge in [-0.3, -0.25) is 9.58 Å². The summed E-state index contributed by atoms with van der Waals surface area (Å²) < 4.78 is 1.97. The maximum Gasteiger partial charge on any atom is 0.324 e. The Morgan fingerprint density at radius 3 is 2.88 bits per heavy atom. The number of hydrogen-bond acceptors (Lipinski definition) is 5. The number of nitrogens with zero attached hydrogens (tertiary/aromatic N) is 7. The molecule has 8 nitrogen and oxygen atoms in total. The SMILES string of the molecule is Cc1ccnc(N2CCC(n3cc(N4CCN(C)C4=O)cn3)C2)n1. The molecule has 0 spiro atoms. The van der Waals surface area contributed by atoms with Crippen molar-refractivity contribution >= 4 is 17.7 Å². The Morgan fingerprint density at radius 2 is 2.12 bits per heavy atom. The van der Waals surface area contributed by atoms with Gasteiger partial charge >= 0.3 is 6.03 Å². The first-order chi connectivity index (χ1) is 11.6. The first kappa shape index (κ1) is 14.9. The fourth-order valence-corrected chi connectivity index (χ4v) is 3.28. The number of aryl methyl sites for hydroxylation is 1. The molecule has 0 N–H and O–H groups in total. The van der Waals surface area contributed by atoms with Crippen molar-refractivity contribution in [3.05, 3.63) is 30.4 Å². The van der Waals surface area contributed by atoms with Crippen LogP contribution in [0, 0.1) is 6.92 Å². The second-order valence-corrected chi connectivity index (χ2v) is 6.42. The molecule has 2 aliphatic rings. The van der Waals surface area contributed by atoms with Crippen LogP contribution in [0.4, 0.5) is 16.4 Å². The summed E-state index contributed by atoms with van der Waals surface area (Å²) in [6.45, 7) is 5.19. The highest BCUT2D eigenvalue weighted by Crippen LogP contribution is 2.27. The van der Waals surface area contributed by atoms with Crippen LogP contribution in [0.3, 0.4) is 0 Å². The number of aromatic nitrogens is 4. The van der Waals surface area contributed by atoms with Gasteiger partial charge in [-0.05, 0) is 19.4 Å². The number of hydrogen-bond donors (Lipinski definition) is 0. The van der Waals surface area contributed by atoms with Crippen LogP contribution < -0.4 is 9.80 Å². The van der Waals surface area contributed by atoms with Crippen molar-refractivity contribution in [2.45, 2.75) is 19.4 Å². The largest absolute Gasteiger partial charge is 0.339 e. The highest BCUT2D eigenvalue weighted by atomic mass is 16.2. The van der Waals surface area contributed by atoms with Gasteiger partial charge in [0.1, 0.15) is 0 Å². The lowest BCUT2D eigenvalue weighted by Crippen LogP contribution is -2.28. The van der Waals surface area contributed by atoms with Gasteiger partial charge in [0.15, 0.2) is 0 Å². The number of likely N-dealkylation sites (N-methyl/N-ethyl adjacent to an activating group) is 1. The van der Waals surface area contributed by atoms with Gasteiger partial charge in [-0.2, -0.15) is 5.10 Å². The molecule has 1 unspecified atom stereocenters. The van der Waals surface area contributed by atoms with Gasteiger partial charge in [-0.25, -0.2) is 14.8 Å². The van der Waals surface area contributed by atoms with E-state index in [2.05, 4.69) is 20.0 Å². The summed E-state index contributed by atoms with van der Waals surface area (Å²) in [5.41, 5.74) is 1.84. The molecule has 4 rings (SSSR count). The van der Waals surface area contributed by atoms with E-state index >= 15 is 0 Å². The van der Waals surface area contributed by atoms with Crippen molar-refractivity contribution in [2.75, 3.05) is 43.0 Å². The first-order valence-electron chi connectivity index (χ1n) is 8.23. The summed E-state index contributed by atoms with van der Waals surface area (Å²) in [7, 11) is 1.82. The van der Waals surface area contributed by atoms with Crippen molar-refractivity contribution in [1.82, 2.24) is 24.6 Å². The second-order valence-electron chi connectivity index (χ2n) is 6.42. The lowest BCUT2D eigenvalue weighted by atomic mass is 10.3. The van der Waals surface area contributed by atoms with Crippen molar-refractivity contribution < 1.29 is 4.79 Å². The molecule has 4 heterocycles. The van der Waals surface area contributed by atoms with E-state index in [1.165, 1.54) is 0 Å². The van der Waals surface area contributed by atoms with Crippen molar-refractivity contribution in [3.63, 3.8) is 0 Å². The molecule has 8 heteroatoms. The van der Waals surface area contributed by atoms with E-state index in [1.54, 1.807) is 22.2 Å². The maximum atomic E-state index is 12.1. The zero-order valence-electron chi connectivity index (χ0n) is 14.0. The molecule has 2 aromatic rings. The van der Waals surface area contributed by atoms with Crippen LogP contribution in [0.25, 0.3) is 0 Å². The van der Waals surface area contributed by atoms with Crippen LogP contribution >= 0.6 is 0 Å². The predicted octanol–water partition coefficient (Wildman–Crippen LogP) is 1.30. The van der Waals surface area contributed by atoms with Crippen LogP contribution in [-0.2, 0) is 0 Å². The van der Waals surface area contributed by atoms with E-state index in [1.807, 2.05) is 30.9 Å². The zero-order chi connectivity index (χ0) is 16.7. The van der Waals surface area contributed by atoms with Crippen molar-refractivity contribution in [3.8, 4) is 0 Å². The molecule has 24 heavy (non-hydrogen) atoms. The lowest BCUT2D eigenvalue weighted by Gasteiger charge is -2.16. The molecular formula is C16H21N7O. The third-order valence-corrected chi connectivity index (χ3v) is 4.72. The Balaban J connectivity index is 1.47. The molecule has 2 aromatic heterocycles. The molecular weight excluding hydrogens is 306 g/mol. The molecule has 1 atom stereocenters. The van der Waals surface area contributed by atoms with Crippen LogP contribution in [-0.4, -0.2) is 63.9 Å². The molecule has 2 amide bonds. The third-order valence-electron chi connectivity index (χ3n) is 4.72. The topological polar surface area (TPSA) is 70.4 Å². The van der Waals surface area contributed by atoms with Crippen LogP contribution in [0.2, 0.25) is 0 Å². The quantitative estimate of drug-likeness (QED) is 0.850. The average Bonchev–Trinajstić information content (AvgIpc) is 3.29. The standard InChI is InChI=1S/C16H21N7O/c1-12-3-5-17-15(19-12)21-6-4-13(10-21)23-11-14(9-18-23)22-8-7-20(2)16(22)24/h3,5,9,11,13H,4,6-8,10H2,1-2H3. The Bertz CT molecular complexity index is 758. The van der Waals surface area contributed by atoms with Gasteiger partial charge in [0.25, 0.3) is 0 Å². The molecule has 0 radical (unpaired) electrons. The van der Waals surface area contributed by atoms with Gasteiger partial charge in [-0.15, -0.1) is 0 Å². The summed E-state index contributed by atoms with van der Waals surface area (Å²) in [5, 5.41) is 4.48. The van der Waals surface area contributed by atoms with Gasteiger partial charge in [0, 0.05) is 51.3 Å². The highest BCUT2D eigenvalue weighted by molar-refractivity contribution is 5.93. The van der Waals surface area contributed by atoms with Crippen LogP contribution in [0.5, 0.6) is 0 Å². The Hall–Kier alpha value is -2.64. The van der Waals surface area contributed by atoms with Gasteiger partial charge < -0.3 is 9.80 Å². The summed E-state index contributed by atoms with van der Waals surface area (Å²) in [5.74, 6) is 0.779. The first-order valence-corrected chi connectivity index (χ1v) is 8.23.